The number of ether oxygens (including phenoxy) is 4. The summed E-state index contributed by atoms with van der Waals surface area (Å²) in [7, 11) is 6.04. The number of hydrogen-bond acceptors (Lipinski definition) is 7. The van der Waals surface area contributed by atoms with E-state index in [-0.39, 0.29) is 0 Å². The van der Waals surface area contributed by atoms with E-state index in [1.807, 2.05) is 24.3 Å². The van der Waals surface area contributed by atoms with Gasteiger partial charge in [-0.2, -0.15) is 5.10 Å². The summed E-state index contributed by atoms with van der Waals surface area (Å²) in [6, 6.07) is 10.5. The molecule has 0 radical (unpaired) electrons. The van der Waals surface area contributed by atoms with Crippen molar-refractivity contribution in [3.05, 3.63) is 47.7 Å². The summed E-state index contributed by atoms with van der Waals surface area (Å²) in [6.45, 7) is 1.74. The molecule has 0 fully saturated rings. The summed E-state index contributed by atoms with van der Waals surface area (Å²) in [4.78, 5) is 12.6. The molecule has 1 heterocycles. The smallest absolute Gasteiger partial charge is 0.271 e. The van der Waals surface area contributed by atoms with Gasteiger partial charge < -0.3 is 23.4 Å². The van der Waals surface area contributed by atoms with Crippen LogP contribution in [0.2, 0.25) is 0 Å². The Morgan fingerprint density at radius 3 is 2.17 bits per heavy atom. The minimum atomic E-state index is -0.433. The predicted octanol–water partition coefficient (Wildman–Crippen LogP) is 3.62. The lowest BCUT2D eigenvalue weighted by molar-refractivity contribution is 0.0954. The van der Waals surface area contributed by atoms with Gasteiger partial charge in [0, 0.05) is 10.9 Å². The van der Waals surface area contributed by atoms with Gasteiger partial charge in [0.15, 0.2) is 28.6 Å². The molecule has 0 atom stereocenters. The Balaban J connectivity index is 1.85. The summed E-state index contributed by atoms with van der Waals surface area (Å²) in [5.74, 6) is 1.88. The molecular weight excluding hydrogens is 376 g/mol. The lowest BCUT2D eigenvalue weighted by atomic mass is 10.1. The summed E-state index contributed by atoms with van der Waals surface area (Å²) >= 11 is 0. The van der Waals surface area contributed by atoms with Crippen molar-refractivity contribution in [2.24, 2.45) is 5.10 Å². The number of fused-ring (bicyclic) bond motifs is 1. The van der Waals surface area contributed by atoms with Crippen LogP contribution in [0.3, 0.4) is 0 Å². The van der Waals surface area contributed by atoms with E-state index in [4.69, 9.17) is 23.4 Å². The van der Waals surface area contributed by atoms with Crippen LogP contribution in [0.5, 0.6) is 23.0 Å². The van der Waals surface area contributed by atoms with E-state index in [1.54, 1.807) is 26.2 Å². The van der Waals surface area contributed by atoms with Gasteiger partial charge in [-0.15, -0.1) is 0 Å². The number of para-hydroxylation sites is 1. The molecule has 152 valence electrons. The maximum absolute atomic E-state index is 12.6. The Hall–Kier alpha value is -3.68. The molecule has 0 bridgehead atoms. The first-order chi connectivity index (χ1) is 14.0. The van der Waals surface area contributed by atoms with E-state index in [1.165, 1.54) is 21.3 Å². The van der Waals surface area contributed by atoms with Crippen LogP contribution in [0.4, 0.5) is 0 Å². The molecule has 0 aliphatic heterocycles. The average molecular weight is 398 g/mol. The van der Waals surface area contributed by atoms with Crippen LogP contribution in [-0.2, 0) is 0 Å². The number of hydrazone groups is 1. The molecule has 0 unspecified atom stereocenters. The zero-order valence-electron chi connectivity index (χ0n) is 16.9. The topological polar surface area (TPSA) is 91.5 Å². The number of nitrogens with one attached hydrogen (secondary N) is 1. The molecule has 1 amide bonds. The Labute approximate surface area is 168 Å². The molecule has 0 saturated carbocycles. The third-order valence-electron chi connectivity index (χ3n) is 4.34. The van der Waals surface area contributed by atoms with Crippen LogP contribution in [0.1, 0.15) is 23.0 Å². The Bertz CT molecular complexity index is 1050. The van der Waals surface area contributed by atoms with Crippen molar-refractivity contribution in [1.82, 2.24) is 5.43 Å². The highest BCUT2D eigenvalue weighted by atomic mass is 16.5. The van der Waals surface area contributed by atoms with E-state index in [9.17, 15) is 4.79 Å². The minimum Gasteiger partial charge on any atom is -0.493 e. The Kier molecular flexibility index (Phi) is 5.92. The number of carbonyl (C=O) groups is 1. The van der Waals surface area contributed by atoms with Crippen molar-refractivity contribution in [1.29, 1.82) is 0 Å². The standard InChI is InChI=1S/C21H22N2O6/c1-12(16-9-13-7-6-8-15(25-2)19(13)29-16)22-23-21(24)14-10-17(26-3)20(28-5)18(11-14)27-4/h6-11H,1-5H3,(H,23,24)/b22-12-. The quantitative estimate of drug-likeness (QED) is 0.483. The van der Waals surface area contributed by atoms with Gasteiger partial charge in [0.25, 0.3) is 5.91 Å². The highest BCUT2D eigenvalue weighted by Crippen LogP contribution is 2.38. The first kappa shape index (κ1) is 20.1. The first-order valence-electron chi connectivity index (χ1n) is 8.74. The minimum absolute atomic E-state index is 0.308. The number of benzene rings is 2. The van der Waals surface area contributed by atoms with Crippen LogP contribution >= 0.6 is 0 Å². The van der Waals surface area contributed by atoms with Crippen molar-refractivity contribution in [2.75, 3.05) is 28.4 Å². The van der Waals surface area contributed by atoms with Gasteiger partial charge in [0.1, 0.15) is 5.71 Å². The molecule has 0 aliphatic rings. The molecule has 0 aliphatic carbocycles. The lowest BCUT2D eigenvalue weighted by Crippen LogP contribution is -2.19. The molecule has 3 rings (SSSR count). The fourth-order valence-corrected chi connectivity index (χ4v) is 2.84. The van der Waals surface area contributed by atoms with E-state index >= 15 is 0 Å². The van der Waals surface area contributed by atoms with Crippen LogP contribution < -0.4 is 24.4 Å². The molecular formula is C21H22N2O6. The van der Waals surface area contributed by atoms with Gasteiger partial charge in [-0.25, -0.2) is 5.43 Å². The molecule has 8 heteroatoms. The molecule has 1 aromatic heterocycles. The zero-order valence-corrected chi connectivity index (χ0v) is 16.9. The van der Waals surface area contributed by atoms with E-state index in [2.05, 4.69) is 10.5 Å². The van der Waals surface area contributed by atoms with Crippen molar-refractivity contribution >= 4 is 22.6 Å². The number of carbonyl (C=O) groups excluding carboxylic acids is 1. The third-order valence-corrected chi connectivity index (χ3v) is 4.34. The Morgan fingerprint density at radius 2 is 1.59 bits per heavy atom. The molecule has 2 aromatic carbocycles. The number of amides is 1. The molecule has 1 N–H and O–H groups in total. The molecule has 8 nitrogen and oxygen atoms in total. The van der Waals surface area contributed by atoms with Crippen molar-refractivity contribution in [3.8, 4) is 23.0 Å². The monoisotopic (exact) mass is 398 g/mol. The van der Waals surface area contributed by atoms with E-state index < -0.39 is 5.91 Å². The van der Waals surface area contributed by atoms with Gasteiger partial charge >= 0.3 is 0 Å². The van der Waals surface area contributed by atoms with Crippen molar-refractivity contribution in [3.63, 3.8) is 0 Å². The fourth-order valence-electron chi connectivity index (χ4n) is 2.84. The third kappa shape index (κ3) is 3.96. The maximum atomic E-state index is 12.6. The van der Waals surface area contributed by atoms with Crippen LogP contribution in [-0.4, -0.2) is 40.1 Å². The zero-order chi connectivity index (χ0) is 21.0. The summed E-state index contributed by atoms with van der Waals surface area (Å²) in [5.41, 5.74) is 3.95. The van der Waals surface area contributed by atoms with Gasteiger partial charge in [-0.05, 0) is 31.2 Å². The van der Waals surface area contributed by atoms with Crippen LogP contribution in [0.15, 0.2) is 45.9 Å². The number of furan rings is 1. The van der Waals surface area contributed by atoms with Crippen molar-refractivity contribution in [2.45, 2.75) is 6.92 Å². The molecule has 0 spiro atoms. The summed E-state index contributed by atoms with van der Waals surface area (Å²) in [5, 5.41) is 5.02. The van der Waals surface area contributed by atoms with Gasteiger partial charge in [-0.3, -0.25) is 4.79 Å². The highest BCUT2D eigenvalue weighted by Gasteiger charge is 2.17. The predicted molar refractivity (Wildman–Crippen MR) is 109 cm³/mol. The Morgan fingerprint density at radius 1 is 0.931 bits per heavy atom. The first-order valence-corrected chi connectivity index (χ1v) is 8.74. The average Bonchev–Trinajstić information content (AvgIpc) is 3.20. The summed E-state index contributed by atoms with van der Waals surface area (Å²) in [6.07, 6.45) is 0. The second-order valence-electron chi connectivity index (χ2n) is 6.04. The summed E-state index contributed by atoms with van der Waals surface area (Å²) < 4.78 is 26.9. The number of methoxy groups -OCH3 is 4. The van der Waals surface area contributed by atoms with Gasteiger partial charge in [0.05, 0.1) is 28.4 Å². The van der Waals surface area contributed by atoms with E-state index in [0.29, 0.717) is 45.6 Å². The maximum Gasteiger partial charge on any atom is 0.271 e. The SMILES string of the molecule is COc1cc(C(=O)N/N=C(/C)c2cc3cccc(OC)c3o2)cc(OC)c1OC. The molecule has 3 aromatic rings. The largest absolute Gasteiger partial charge is 0.493 e. The second-order valence-corrected chi connectivity index (χ2v) is 6.04. The van der Waals surface area contributed by atoms with Crippen LogP contribution in [0, 0.1) is 0 Å². The normalized spacial score (nSPS) is 11.3. The number of hydrogen-bond donors (Lipinski definition) is 1. The van der Waals surface area contributed by atoms with Crippen molar-refractivity contribution < 1.29 is 28.2 Å². The second kappa shape index (κ2) is 8.55. The van der Waals surface area contributed by atoms with E-state index in [0.717, 1.165) is 5.39 Å². The number of nitrogens with zero attached hydrogens (tertiary/aromatic N) is 1. The molecule has 29 heavy (non-hydrogen) atoms. The number of rotatable bonds is 7. The van der Waals surface area contributed by atoms with Crippen LogP contribution in [0.25, 0.3) is 11.0 Å². The lowest BCUT2D eigenvalue weighted by Gasteiger charge is -2.13. The highest BCUT2D eigenvalue weighted by molar-refractivity contribution is 6.02. The molecule has 0 saturated heterocycles. The van der Waals surface area contributed by atoms with Gasteiger partial charge in [-0.1, -0.05) is 12.1 Å². The van der Waals surface area contributed by atoms with Gasteiger partial charge in [0.2, 0.25) is 5.75 Å². The fraction of sp³-hybridized carbons (Fsp3) is 0.238.